The molecule has 0 atom stereocenters. The fourth-order valence-electron chi connectivity index (χ4n) is 1.57. The van der Waals surface area contributed by atoms with Crippen molar-refractivity contribution in [3.8, 4) is 0 Å². The lowest BCUT2D eigenvalue weighted by molar-refractivity contribution is 0.911. The van der Waals surface area contributed by atoms with Crippen LogP contribution < -0.4 is 15.5 Å². The molecular formula is C13H19BrN6S. The first-order valence-electron chi connectivity index (χ1n) is 6.73. The molecule has 6 nitrogen and oxygen atoms in total. The number of nitrogens with zero attached hydrogens (tertiary/aromatic N) is 4. The van der Waals surface area contributed by atoms with Crippen molar-refractivity contribution >= 4 is 45.1 Å². The zero-order valence-corrected chi connectivity index (χ0v) is 14.8. The maximum atomic E-state index is 4.41. The van der Waals surface area contributed by atoms with Crippen LogP contribution in [0.25, 0.3) is 0 Å². The summed E-state index contributed by atoms with van der Waals surface area (Å²) in [6.45, 7) is 3.63. The topological polar surface area (TPSA) is 66.0 Å². The lowest BCUT2D eigenvalue weighted by Crippen LogP contribution is -2.17. The molecular weight excluding hydrogens is 352 g/mol. The first-order chi connectivity index (χ1) is 10.1. The van der Waals surface area contributed by atoms with Crippen LogP contribution in [0.1, 0.15) is 18.2 Å². The summed E-state index contributed by atoms with van der Waals surface area (Å²) < 4.78 is 1.10. The minimum atomic E-state index is 0.576. The van der Waals surface area contributed by atoms with Crippen LogP contribution >= 0.6 is 27.3 Å². The van der Waals surface area contributed by atoms with Crippen molar-refractivity contribution in [2.45, 2.75) is 19.9 Å². The zero-order valence-electron chi connectivity index (χ0n) is 12.4. The standard InChI is InChI=1S/C13H19BrN6S/c1-4-6-15-11-17-12(19-13(18-11)20(2)3)16-8-10-9(14)5-7-21-10/h5,7H,4,6,8H2,1-3H3,(H2,15,16,17,18,19). The van der Waals surface area contributed by atoms with Crippen LogP contribution in [0.2, 0.25) is 0 Å². The van der Waals surface area contributed by atoms with E-state index >= 15 is 0 Å². The average molecular weight is 371 g/mol. The van der Waals surface area contributed by atoms with Gasteiger partial charge in [-0.1, -0.05) is 6.92 Å². The first kappa shape index (κ1) is 16.0. The Balaban J connectivity index is 2.13. The van der Waals surface area contributed by atoms with E-state index in [1.165, 1.54) is 4.88 Å². The van der Waals surface area contributed by atoms with Crippen molar-refractivity contribution in [3.05, 3.63) is 20.8 Å². The third-order valence-electron chi connectivity index (χ3n) is 2.65. The summed E-state index contributed by atoms with van der Waals surface area (Å²) >= 11 is 5.21. The normalized spacial score (nSPS) is 10.5. The van der Waals surface area contributed by atoms with E-state index in [0.717, 1.165) is 17.4 Å². The molecule has 21 heavy (non-hydrogen) atoms. The molecule has 2 rings (SSSR count). The number of hydrogen-bond acceptors (Lipinski definition) is 7. The van der Waals surface area contributed by atoms with E-state index in [1.54, 1.807) is 11.3 Å². The van der Waals surface area contributed by atoms with E-state index < -0.39 is 0 Å². The van der Waals surface area contributed by atoms with Gasteiger partial charge in [0.25, 0.3) is 0 Å². The van der Waals surface area contributed by atoms with Gasteiger partial charge in [0.1, 0.15) is 0 Å². The number of anilines is 3. The Hall–Kier alpha value is -1.41. The number of thiophene rings is 1. The zero-order chi connectivity index (χ0) is 15.2. The second-order valence-corrected chi connectivity index (χ2v) is 6.50. The molecule has 2 aromatic rings. The third-order valence-corrected chi connectivity index (χ3v) is 4.58. The molecule has 0 saturated carbocycles. The maximum Gasteiger partial charge on any atom is 0.231 e. The van der Waals surface area contributed by atoms with Gasteiger partial charge in [0, 0.05) is 30.0 Å². The summed E-state index contributed by atoms with van der Waals surface area (Å²) in [5.74, 6) is 1.81. The Morgan fingerprint density at radius 2 is 1.90 bits per heavy atom. The van der Waals surface area contributed by atoms with Gasteiger partial charge in [0.15, 0.2) is 0 Å². The first-order valence-corrected chi connectivity index (χ1v) is 8.40. The van der Waals surface area contributed by atoms with Crippen LogP contribution in [0.5, 0.6) is 0 Å². The van der Waals surface area contributed by atoms with Gasteiger partial charge in [-0.25, -0.2) is 0 Å². The molecule has 0 unspecified atom stereocenters. The molecule has 0 spiro atoms. The van der Waals surface area contributed by atoms with Crippen LogP contribution in [0.15, 0.2) is 15.9 Å². The van der Waals surface area contributed by atoms with E-state index in [-0.39, 0.29) is 0 Å². The highest BCUT2D eigenvalue weighted by Crippen LogP contribution is 2.23. The van der Waals surface area contributed by atoms with E-state index in [1.807, 2.05) is 30.4 Å². The quantitative estimate of drug-likeness (QED) is 0.779. The molecule has 0 bridgehead atoms. The predicted molar refractivity (Wildman–Crippen MR) is 92.3 cm³/mol. The molecule has 0 aromatic carbocycles. The van der Waals surface area contributed by atoms with Crippen molar-refractivity contribution in [1.82, 2.24) is 15.0 Å². The van der Waals surface area contributed by atoms with Gasteiger partial charge >= 0.3 is 0 Å². The number of hydrogen-bond donors (Lipinski definition) is 2. The van der Waals surface area contributed by atoms with Crippen LogP contribution in [0.4, 0.5) is 17.8 Å². The molecule has 2 heterocycles. The minimum Gasteiger partial charge on any atom is -0.354 e. The molecule has 8 heteroatoms. The van der Waals surface area contributed by atoms with Crippen LogP contribution in [0, 0.1) is 0 Å². The highest BCUT2D eigenvalue weighted by Gasteiger charge is 2.09. The number of aromatic nitrogens is 3. The van der Waals surface area contributed by atoms with Gasteiger partial charge in [-0.3, -0.25) is 0 Å². The third kappa shape index (κ3) is 4.53. The molecule has 114 valence electrons. The van der Waals surface area contributed by atoms with Crippen LogP contribution in [-0.2, 0) is 6.54 Å². The Bertz CT molecular complexity index is 586. The monoisotopic (exact) mass is 370 g/mol. The van der Waals surface area contributed by atoms with Gasteiger partial charge in [-0.05, 0) is 33.8 Å². The van der Waals surface area contributed by atoms with Gasteiger partial charge in [-0.2, -0.15) is 15.0 Å². The van der Waals surface area contributed by atoms with Crippen molar-refractivity contribution < 1.29 is 0 Å². The number of halogens is 1. The molecule has 0 radical (unpaired) electrons. The van der Waals surface area contributed by atoms with Gasteiger partial charge < -0.3 is 15.5 Å². The van der Waals surface area contributed by atoms with E-state index in [9.17, 15) is 0 Å². The van der Waals surface area contributed by atoms with Crippen molar-refractivity contribution in [2.24, 2.45) is 0 Å². The van der Waals surface area contributed by atoms with E-state index in [2.05, 4.69) is 48.4 Å². The molecule has 0 amide bonds. The van der Waals surface area contributed by atoms with Gasteiger partial charge in [0.2, 0.25) is 17.8 Å². The summed E-state index contributed by atoms with van der Waals surface area (Å²) in [4.78, 5) is 16.3. The van der Waals surface area contributed by atoms with Crippen molar-refractivity contribution in [2.75, 3.05) is 36.2 Å². The fraction of sp³-hybridized carbons (Fsp3) is 0.462. The Morgan fingerprint density at radius 3 is 2.48 bits per heavy atom. The average Bonchev–Trinajstić information content (AvgIpc) is 2.88. The Labute approximate surface area is 137 Å². The van der Waals surface area contributed by atoms with Gasteiger partial charge in [0.05, 0.1) is 6.54 Å². The molecule has 0 aliphatic carbocycles. The summed E-state index contributed by atoms with van der Waals surface area (Å²) in [6, 6.07) is 2.04. The molecule has 2 N–H and O–H groups in total. The molecule has 0 fully saturated rings. The van der Waals surface area contributed by atoms with Crippen molar-refractivity contribution in [3.63, 3.8) is 0 Å². The Kier molecular flexibility index (Phi) is 5.75. The predicted octanol–water partition coefficient (Wildman–Crippen LogP) is 3.20. The highest BCUT2D eigenvalue weighted by atomic mass is 79.9. The fourth-order valence-corrected chi connectivity index (χ4v) is 3.00. The SMILES string of the molecule is CCCNc1nc(NCc2sccc2Br)nc(N(C)C)n1. The maximum absolute atomic E-state index is 4.41. The Morgan fingerprint density at radius 1 is 1.19 bits per heavy atom. The molecule has 0 saturated heterocycles. The number of rotatable bonds is 7. The molecule has 0 aliphatic rings. The van der Waals surface area contributed by atoms with Crippen molar-refractivity contribution in [1.29, 1.82) is 0 Å². The number of nitrogens with one attached hydrogen (secondary N) is 2. The van der Waals surface area contributed by atoms with Crippen LogP contribution in [-0.4, -0.2) is 35.6 Å². The van der Waals surface area contributed by atoms with E-state index in [4.69, 9.17) is 0 Å². The largest absolute Gasteiger partial charge is 0.354 e. The second-order valence-electron chi connectivity index (χ2n) is 4.65. The smallest absolute Gasteiger partial charge is 0.231 e. The van der Waals surface area contributed by atoms with E-state index in [0.29, 0.717) is 24.4 Å². The molecule has 0 aliphatic heterocycles. The summed E-state index contributed by atoms with van der Waals surface area (Å²) in [6.07, 6.45) is 1.02. The summed E-state index contributed by atoms with van der Waals surface area (Å²) in [5.41, 5.74) is 0. The highest BCUT2D eigenvalue weighted by molar-refractivity contribution is 9.10. The second kappa shape index (κ2) is 7.56. The summed E-state index contributed by atoms with van der Waals surface area (Å²) in [5, 5.41) is 8.50. The van der Waals surface area contributed by atoms with Gasteiger partial charge in [-0.15, -0.1) is 11.3 Å². The van der Waals surface area contributed by atoms with Crippen LogP contribution in [0.3, 0.4) is 0 Å². The lowest BCUT2D eigenvalue weighted by Gasteiger charge is -2.13. The lowest BCUT2D eigenvalue weighted by atomic mass is 10.5. The molecule has 2 aromatic heterocycles. The minimum absolute atomic E-state index is 0.576. The summed E-state index contributed by atoms with van der Waals surface area (Å²) in [7, 11) is 3.83.